The van der Waals surface area contributed by atoms with E-state index in [1.165, 1.54) is 21.0 Å². The van der Waals surface area contributed by atoms with Crippen LogP contribution in [-0.2, 0) is 23.9 Å². The minimum absolute atomic E-state index is 0.166. The van der Waals surface area contributed by atoms with Crippen molar-refractivity contribution < 1.29 is 29.0 Å². The van der Waals surface area contributed by atoms with Gasteiger partial charge in [-0.05, 0) is 26.0 Å². The number of rotatable bonds is 4. The van der Waals surface area contributed by atoms with Crippen LogP contribution in [0.15, 0.2) is 24.3 Å². The second-order valence-electron chi connectivity index (χ2n) is 2.75. The van der Waals surface area contributed by atoms with Crippen molar-refractivity contribution in [1.82, 2.24) is 0 Å². The first-order valence-corrected chi connectivity index (χ1v) is 4.47. The molecule has 0 aromatic heterocycles. The normalized spacial score (nSPS) is 9.59. The molecule has 0 saturated carbocycles. The lowest BCUT2D eigenvalue weighted by Gasteiger charge is -1.85. The largest absolute Gasteiger partial charge is 0.478 e. The van der Waals surface area contributed by atoms with Gasteiger partial charge in [-0.2, -0.15) is 0 Å². The molecular formula is C11H14O6. The molecule has 0 bridgehead atoms. The number of ether oxygens (including phenoxy) is 1. The van der Waals surface area contributed by atoms with E-state index in [0.717, 1.165) is 24.3 Å². The highest BCUT2D eigenvalue weighted by atomic mass is 16.5. The molecule has 1 N–H and O–H groups in total. The highest BCUT2D eigenvalue weighted by molar-refractivity contribution is 5.94. The molecule has 0 saturated heterocycles. The van der Waals surface area contributed by atoms with Crippen LogP contribution in [-0.4, -0.2) is 35.7 Å². The number of esters is 1. The smallest absolute Gasteiger partial charge is 0.330 e. The third-order valence-corrected chi connectivity index (χ3v) is 1.12. The predicted molar refractivity (Wildman–Crippen MR) is 59.3 cm³/mol. The Morgan fingerprint density at radius 2 is 1.29 bits per heavy atom. The van der Waals surface area contributed by atoms with Gasteiger partial charge in [-0.15, -0.1) is 0 Å². The number of carbonyl (C=O) groups excluding carboxylic acids is 3. The summed E-state index contributed by atoms with van der Waals surface area (Å²) < 4.78 is 4.22. The molecule has 0 aliphatic rings. The zero-order valence-corrected chi connectivity index (χ0v) is 9.80. The van der Waals surface area contributed by atoms with E-state index in [0.29, 0.717) is 0 Å². The van der Waals surface area contributed by atoms with Gasteiger partial charge < -0.3 is 9.84 Å². The van der Waals surface area contributed by atoms with Gasteiger partial charge >= 0.3 is 11.9 Å². The standard InChI is InChI=1S/C6H8O3.C5H6O3/c1-5(7)3-4-6(8)9-2;1-4(6)2-3-5(7)8/h3-4H,1-2H3;2-3H,1H3,(H,7,8)/b4-3+;3-2+. The van der Waals surface area contributed by atoms with E-state index in [9.17, 15) is 19.2 Å². The third-order valence-electron chi connectivity index (χ3n) is 1.12. The number of hydrogen-bond donors (Lipinski definition) is 1. The average molecular weight is 242 g/mol. The summed E-state index contributed by atoms with van der Waals surface area (Å²) in [5, 5.41) is 7.92. The average Bonchev–Trinajstić information content (AvgIpc) is 2.23. The Morgan fingerprint density at radius 1 is 0.882 bits per heavy atom. The molecule has 0 atom stereocenters. The molecule has 0 aromatic carbocycles. The molecule has 0 rings (SSSR count). The summed E-state index contributed by atoms with van der Waals surface area (Å²) >= 11 is 0. The van der Waals surface area contributed by atoms with Crippen LogP contribution in [0.25, 0.3) is 0 Å². The highest BCUT2D eigenvalue weighted by Crippen LogP contribution is 1.78. The van der Waals surface area contributed by atoms with Crippen LogP contribution in [0.4, 0.5) is 0 Å². The van der Waals surface area contributed by atoms with Crippen LogP contribution in [0.1, 0.15) is 13.8 Å². The number of aliphatic carboxylic acids is 1. The molecule has 0 fully saturated rings. The fraction of sp³-hybridized carbons (Fsp3) is 0.273. The molecule has 0 radical (unpaired) electrons. The molecule has 6 heteroatoms. The van der Waals surface area contributed by atoms with Crippen LogP contribution in [0.5, 0.6) is 0 Å². The van der Waals surface area contributed by atoms with E-state index in [1.54, 1.807) is 0 Å². The number of hydrogen-bond acceptors (Lipinski definition) is 5. The number of carbonyl (C=O) groups is 4. The molecule has 0 spiro atoms. The van der Waals surface area contributed by atoms with Gasteiger partial charge in [0.05, 0.1) is 7.11 Å². The predicted octanol–water partition coefficient (Wildman–Crippen LogP) is 0.521. The van der Waals surface area contributed by atoms with Crippen molar-refractivity contribution in [2.45, 2.75) is 13.8 Å². The summed E-state index contributed by atoms with van der Waals surface area (Å²) in [6.45, 7) is 2.65. The Hall–Kier alpha value is -2.24. The monoisotopic (exact) mass is 242 g/mol. The summed E-state index contributed by atoms with van der Waals surface area (Å²) in [7, 11) is 1.26. The van der Waals surface area contributed by atoms with Gasteiger partial charge in [0.15, 0.2) is 11.6 Å². The van der Waals surface area contributed by atoms with E-state index in [1.807, 2.05) is 0 Å². The Morgan fingerprint density at radius 3 is 1.53 bits per heavy atom. The summed E-state index contributed by atoms with van der Waals surface area (Å²) in [6, 6.07) is 0. The van der Waals surface area contributed by atoms with Gasteiger partial charge in [-0.25, -0.2) is 9.59 Å². The second-order valence-corrected chi connectivity index (χ2v) is 2.75. The summed E-state index contributed by atoms with van der Waals surface area (Å²) in [4.78, 5) is 40.1. The SMILES string of the molecule is CC(=O)/C=C/C(=O)O.COC(=O)/C=C/C(C)=O. The molecular weight excluding hydrogens is 228 g/mol. The molecule has 0 aliphatic carbocycles. The van der Waals surface area contributed by atoms with Crippen LogP contribution in [0.2, 0.25) is 0 Å². The van der Waals surface area contributed by atoms with Gasteiger partial charge in [0, 0.05) is 12.2 Å². The number of methoxy groups -OCH3 is 1. The Kier molecular flexibility index (Phi) is 10.4. The van der Waals surface area contributed by atoms with Gasteiger partial charge in [0.2, 0.25) is 0 Å². The molecule has 0 aliphatic heterocycles. The van der Waals surface area contributed by atoms with Crippen molar-refractivity contribution in [1.29, 1.82) is 0 Å². The number of ketones is 2. The highest BCUT2D eigenvalue weighted by Gasteiger charge is 1.90. The lowest BCUT2D eigenvalue weighted by Crippen LogP contribution is -1.95. The number of carboxylic acids is 1. The third kappa shape index (κ3) is 20.0. The van der Waals surface area contributed by atoms with Crippen molar-refractivity contribution in [2.24, 2.45) is 0 Å². The molecule has 17 heavy (non-hydrogen) atoms. The maximum absolute atomic E-state index is 10.3. The molecule has 0 heterocycles. The van der Waals surface area contributed by atoms with Crippen molar-refractivity contribution in [3.8, 4) is 0 Å². The fourth-order valence-electron chi connectivity index (χ4n) is 0.442. The summed E-state index contributed by atoms with van der Waals surface area (Å²) in [6.07, 6.45) is 4.05. The van der Waals surface area contributed by atoms with Crippen molar-refractivity contribution in [3.05, 3.63) is 24.3 Å². The van der Waals surface area contributed by atoms with Gasteiger partial charge in [0.1, 0.15) is 0 Å². The quantitative estimate of drug-likeness (QED) is 0.570. The van der Waals surface area contributed by atoms with Crippen LogP contribution in [0.3, 0.4) is 0 Å². The second kappa shape index (κ2) is 10.3. The van der Waals surface area contributed by atoms with E-state index in [4.69, 9.17) is 5.11 Å². The first-order chi connectivity index (χ1) is 7.79. The van der Waals surface area contributed by atoms with Crippen molar-refractivity contribution >= 4 is 23.5 Å². The maximum atomic E-state index is 10.3. The Bertz CT molecular complexity index is 335. The minimum atomic E-state index is -1.10. The molecule has 0 aromatic rings. The Balaban J connectivity index is 0. The lowest BCUT2D eigenvalue weighted by atomic mass is 10.4. The van der Waals surface area contributed by atoms with Crippen molar-refractivity contribution in [2.75, 3.05) is 7.11 Å². The van der Waals surface area contributed by atoms with Gasteiger partial charge in [-0.1, -0.05) is 0 Å². The molecule has 0 unspecified atom stereocenters. The van der Waals surface area contributed by atoms with E-state index in [-0.39, 0.29) is 11.6 Å². The van der Waals surface area contributed by atoms with Gasteiger partial charge in [0.25, 0.3) is 0 Å². The maximum Gasteiger partial charge on any atom is 0.330 e. The van der Waals surface area contributed by atoms with Crippen molar-refractivity contribution in [3.63, 3.8) is 0 Å². The molecule has 94 valence electrons. The van der Waals surface area contributed by atoms with Crippen LogP contribution >= 0.6 is 0 Å². The van der Waals surface area contributed by atoms with Crippen LogP contribution in [0, 0.1) is 0 Å². The Labute approximate surface area is 98.6 Å². The summed E-state index contributed by atoms with van der Waals surface area (Å²) in [5.74, 6) is -2.03. The number of carboxylic acid groups (broad SMARTS) is 1. The van der Waals surface area contributed by atoms with E-state index >= 15 is 0 Å². The minimum Gasteiger partial charge on any atom is -0.478 e. The number of allylic oxidation sites excluding steroid dienone is 2. The fourth-order valence-corrected chi connectivity index (χ4v) is 0.442. The zero-order chi connectivity index (χ0) is 13.8. The zero-order valence-electron chi connectivity index (χ0n) is 9.80. The lowest BCUT2D eigenvalue weighted by molar-refractivity contribution is -0.135. The van der Waals surface area contributed by atoms with Crippen LogP contribution < -0.4 is 0 Å². The van der Waals surface area contributed by atoms with E-state index < -0.39 is 11.9 Å². The topological polar surface area (TPSA) is 97.7 Å². The summed E-state index contributed by atoms with van der Waals surface area (Å²) in [5.41, 5.74) is 0. The molecule has 6 nitrogen and oxygen atoms in total. The molecule has 0 amide bonds. The first-order valence-electron chi connectivity index (χ1n) is 4.47. The first kappa shape index (κ1) is 17.2. The van der Waals surface area contributed by atoms with Gasteiger partial charge in [-0.3, -0.25) is 9.59 Å². The van der Waals surface area contributed by atoms with E-state index in [2.05, 4.69) is 4.74 Å².